The van der Waals surface area contributed by atoms with E-state index in [1.165, 1.54) is 0 Å². The molecule has 0 aliphatic carbocycles. The fraction of sp³-hybridized carbons (Fsp3) is 0.348. The highest BCUT2D eigenvalue weighted by molar-refractivity contribution is 7.92. The molecule has 1 unspecified atom stereocenters. The number of nitriles is 1. The Morgan fingerprint density at radius 1 is 1.03 bits per heavy atom. The first-order chi connectivity index (χ1) is 14.2. The molecule has 156 valence electrons. The number of anilines is 1. The molecule has 7 heteroatoms. The fourth-order valence-electron chi connectivity index (χ4n) is 3.11. The van der Waals surface area contributed by atoms with Crippen molar-refractivity contribution in [2.75, 3.05) is 11.9 Å². The van der Waals surface area contributed by atoms with Crippen LogP contribution in [0.1, 0.15) is 42.3 Å². The minimum Gasteiger partial charge on any atom is -0.368 e. The molecule has 30 heavy (non-hydrogen) atoms. The predicted octanol–water partition coefficient (Wildman–Crippen LogP) is 4.74. The lowest BCUT2D eigenvalue weighted by molar-refractivity contribution is 0.589. The monoisotopic (exact) mass is 422 g/mol. The van der Waals surface area contributed by atoms with Crippen LogP contribution in [0.3, 0.4) is 0 Å². The van der Waals surface area contributed by atoms with Crippen LogP contribution in [-0.2, 0) is 9.84 Å². The molecule has 0 amide bonds. The third-order valence-corrected chi connectivity index (χ3v) is 6.95. The molecule has 6 nitrogen and oxygen atoms in total. The average molecular weight is 423 g/mol. The maximum Gasteiger partial charge on any atom is 0.200 e. The molecule has 0 fully saturated rings. The van der Waals surface area contributed by atoms with Gasteiger partial charge in [0.1, 0.15) is 5.69 Å². The first-order valence-corrected chi connectivity index (χ1v) is 11.5. The van der Waals surface area contributed by atoms with Gasteiger partial charge in [-0.3, -0.25) is 0 Å². The number of nitrogens with one attached hydrogen (secondary N) is 1. The highest BCUT2D eigenvalue weighted by atomic mass is 32.2. The number of benzene rings is 2. The van der Waals surface area contributed by atoms with Crippen LogP contribution in [0.25, 0.3) is 11.0 Å². The van der Waals surface area contributed by atoms with Crippen LogP contribution < -0.4 is 5.32 Å². The molecule has 0 spiro atoms. The van der Waals surface area contributed by atoms with E-state index in [2.05, 4.69) is 29.1 Å². The number of hydrogen-bond donors (Lipinski definition) is 1. The van der Waals surface area contributed by atoms with Crippen molar-refractivity contribution in [3.05, 3.63) is 59.3 Å². The van der Waals surface area contributed by atoms with E-state index >= 15 is 0 Å². The van der Waals surface area contributed by atoms with Crippen molar-refractivity contribution in [1.82, 2.24) is 9.97 Å². The summed E-state index contributed by atoms with van der Waals surface area (Å²) in [5.41, 5.74) is 3.18. The SMILES string of the molecule is Cc1ccc(S(=O)(=O)C(C#N)c2nc3ccccc3nc2NCCC(C)C)cc1C. The zero-order valence-corrected chi connectivity index (χ0v) is 18.5. The van der Waals surface area contributed by atoms with Gasteiger partial charge in [0.2, 0.25) is 9.84 Å². The molecule has 0 aliphatic rings. The molecule has 0 saturated carbocycles. The Labute approximate surface area is 177 Å². The van der Waals surface area contributed by atoms with Crippen LogP contribution in [0.4, 0.5) is 5.82 Å². The summed E-state index contributed by atoms with van der Waals surface area (Å²) in [6.07, 6.45) is 0.884. The number of hydrogen-bond acceptors (Lipinski definition) is 6. The number of fused-ring (bicyclic) bond motifs is 1. The summed E-state index contributed by atoms with van der Waals surface area (Å²) in [6.45, 7) is 8.59. The van der Waals surface area contributed by atoms with Gasteiger partial charge in [0.25, 0.3) is 0 Å². The second-order valence-electron chi connectivity index (χ2n) is 7.86. The van der Waals surface area contributed by atoms with E-state index in [1.807, 2.05) is 38.1 Å². The Hall–Kier alpha value is -2.98. The van der Waals surface area contributed by atoms with Crippen LogP contribution >= 0.6 is 0 Å². The third-order valence-electron chi connectivity index (χ3n) is 5.09. The van der Waals surface area contributed by atoms with Crippen molar-refractivity contribution in [2.45, 2.75) is 44.3 Å². The molecule has 0 saturated heterocycles. The Kier molecular flexibility index (Phi) is 6.37. The molecule has 3 rings (SSSR count). The van der Waals surface area contributed by atoms with Crippen LogP contribution in [0.15, 0.2) is 47.4 Å². The number of aromatic nitrogens is 2. The van der Waals surface area contributed by atoms with Crippen LogP contribution in [0, 0.1) is 31.1 Å². The zero-order chi connectivity index (χ0) is 21.9. The Balaban J connectivity index is 2.13. The molecule has 0 bridgehead atoms. The van der Waals surface area contributed by atoms with Crippen molar-refractivity contribution < 1.29 is 8.42 Å². The lowest BCUT2D eigenvalue weighted by atomic mass is 10.1. The highest BCUT2D eigenvalue weighted by Crippen LogP contribution is 2.33. The van der Waals surface area contributed by atoms with Gasteiger partial charge in [-0.05, 0) is 61.6 Å². The normalized spacial score (nSPS) is 12.7. The summed E-state index contributed by atoms with van der Waals surface area (Å²) in [7, 11) is -3.98. The number of sulfone groups is 1. The van der Waals surface area contributed by atoms with Gasteiger partial charge in [-0.1, -0.05) is 32.0 Å². The second kappa shape index (κ2) is 8.80. The maximum absolute atomic E-state index is 13.4. The Morgan fingerprint density at radius 2 is 1.70 bits per heavy atom. The molecule has 1 N–H and O–H groups in total. The van der Waals surface area contributed by atoms with E-state index in [4.69, 9.17) is 0 Å². The highest BCUT2D eigenvalue weighted by Gasteiger charge is 2.33. The number of nitrogens with zero attached hydrogens (tertiary/aromatic N) is 3. The Morgan fingerprint density at radius 3 is 2.30 bits per heavy atom. The largest absolute Gasteiger partial charge is 0.368 e. The van der Waals surface area contributed by atoms with Crippen LogP contribution in [0.5, 0.6) is 0 Å². The number of para-hydroxylation sites is 2. The van der Waals surface area contributed by atoms with Gasteiger partial charge in [-0.25, -0.2) is 18.4 Å². The van der Waals surface area contributed by atoms with Crippen molar-refractivity contribution in [1.29, 1.82) is 5.26 Å². The van der Waals surface area contributed by atoms with Crippen molar-refractivity contribution in [3.63, 3.8) is 0 Å². The van der Waals surface area contributed by atoms with E-state index in [0.29, 0.717) is 29.3 Å². The first-order valence-electron chi connectivity index (χ1n) is 9.95. The molecule has 0 radical (unpaired) electrons. The van der Waals surface area contributed by atoms with Gasteiger partial charge in [0, 0.05) is 6.54 Å². The Bertz CT molecular complexity index is 1210. The van der Waals surface area contributed by atoms with Gasteiger partial charge >= 0.3 is 0 Å². The molecular weight excluding hydrogens is 396 g/mol. The number of rotatable bonds is 7. The van der Waals surface area contributed by atoms with Gasteiger partial charge in [-0.2, -0.15) is 5.26 Å². The van der Waals surface area contributed by atoms with E-state index in [9.17, 15) is 13.7 Å². The van der Waals surface area contributed by atoms with Crippen molar-refractivity contribution in [2.24, 2.45) is 5.92 Å². The van der Waals surface area contributed by atoms with E-state index in [0.717, 1.165) is 17.5 Å². The zero-order valence-electron chi connectivity index (χ0n) is 17.7. The van der Waals surface area contributed by atoms with Gasteiger partial charge < -0.3 is 5.32 Å². The lowest BCUT2D eigenvalue weighted by Crippen LogP contribution is -2.18. The molecule has 3 aromatic rings. The van der Waals surface area contributed by atoms with Crippen molar-refractivity contribution in [3.8, 4) is 6.07 Å². The standard InChI is InChI=1S/C23H26N4O2S/c1-15(2)11-12-25-23-22(26-19-7-5-6-8-20(19)27-23)21(14-24)30(28,29)18-10-9-16(3)17(4)13-18/h5-10,13,15,21H,11-12H2,1-4H3,(H,25,27). The van der Waals surface area contributed by atoms with E-state index in [1.54, 1.807) is 24.3 Å². The topological polar surface area (TPSA) is 95.7 Å². The molecule has 1 aromatic heterocycles. The molecule has 0 aliphatic heterocycles. The second-order valence-corrected chi connectivity index (χ2v) is 9.89. The smallest absolute Gasteiger partial charge is 0.200 e. The first kappa shape index (κ1) is 21.7. The van der Waals surface area contributed by atoms with Crippen molar-refractivity contribution >= 4 is 26.7 Å². The quantitative estimate of drug-likeness (QED) is 0.591. The molecular formula is C23H26N4O2S. The van der Waals surface area contributed by atoms with Gasteiger partial charge in [0.05, 0.1) is 22.0 Å². The molecule has 1 atom stereocenters. The van der Waals surface area contributed by atoms with E-state index < -0.39 is 15.1 Å². The van der Waals surface area contributed by atoms with Gasteiger partial charge in [0.15, 0.2) is 11.1 Å². The number of aryl methyl sites for hydroxylation is 2. The van der Waals surface area contributed by atoms with Crippen LogP contribution in [-0.4, -0.2) is 24.9 Å². The maximum atomic E-state index is 13.4. The minimum atomic E-state index is -3.98. The summed E-state index contributed by atoms with van der Waals surface area (Å²) in [6, 6.07) is 14.1. The summed E-state index contributed by atoms with van der Waals surface area (Å²) in [5, 5.41) is 11.6. The van der Waals surface area contributed by atoms with E-state index in [-0.39, 0.29) is 10.6 Å². The predicted molar refractivity (Wildman–Crippen MR) is 119 cm³/mol. The summed E-state index contributed by atoms with van der Waals surface area (Å²) in [5.74, 6) is 0.814. The fourth-order valence-corrected chi connectivity index (χ4v) is 4.58. The summed E-state index contributed by atoms with van der Waals surface area (Å²) < 4.78 is 26.8. The van der Waals surface area contributed by atoms with Crippen LogP contribution in [0.2, 0.25) is 0 Å². The van der Waals surface area contributed by atoms with Gasteiger partial charge in [-0.15, -0.1) is 0 Å². The lowest BCUT2D eigenvalue weighted by Gasteiger charge is -2.17. The third kappa shape index (κ3) is 4.44. The molecule has 2 aromatic carbocycles. The summed E-state index contributed by atoms with van der Waals surface area (Å²) in [4.78, 5) is 9.25. The molecule has 1 heterocycles. The minimum absolute atomic E-state index is 0.111. The summed E-state index contributed by atoms with van der Waals surface area (Å²) >= 11 is 0. The average Bonchev–Trinajstić information content (AvgIpc) is 2.70.